The van der Waals surface area contributed by atoms with E-state index < -0.39 is 0 Å². The van der Waals surface area contributed by atoms with Gasteiger partial charge in [-0.25, -0.2) is 15.0 Å². The quantitative estimate of drug-likeness (QED) is 0.185. The van der Waals surface area contributed by atoms with E-state index in [4.69, 9.17) is 15.0 Å². The van der Waals surface area contributed by atoms with Crippen LogP contribution in [0.2, 0.25) is 0 Å². The van der Waals surface area contributed by atoms with E-state index in [1.807, 2.05) is 83.3 Å². The molecule has 6 heteroatoms. The molecule has 0 saturated heterocycles. The van der Waals surface area contributed by atoms with Crippen LogP contribution < -0.4 is 0 Å². The smallest absolute Gasteiger partial charge is 0.164 e. The van der Waals surface area contributed by atoms with Crippen LogP contribution in [0.15, 0.2) is 158 Å². The highest BCUT2D eigenvalue weighted by Crippen LogP contribution is 2.46. The second kappa shape index (κ2) is 11.2. The summed E-state index contributed by atoms with van der Waals surface area (Å²) in [5, 5.41) is 7.74. The van der Waals surface area contributed by atoms with Gasteiger partial charge in [0.2, 0.25) is 0 Å². The van der Waals surface area contributed by atoms with Crippen LogP contribution in [0, 0.1) is 0 Å². The highest BCUT2D eigenvalue weighted by atomic mass is 32.1. The fourth-order valence-electron chi connectivity index (χ4n) is 7.50. The molecular formula is C45H26N4S2. The molecule has 0 unspecified atom stereocenters. The summed E-state index contributed by atoms with van der Waals surface area (Å²) in [6.45, 7) is 0. The minimum absolute atomic E-state index is 0.670. The summed E-state index contributed by atoms with van der Waals surface area (Å²) in [4.78, 5) is 14.9. The maximum absolute atomic E-state index is 4.99. The normalized spacial score (nSPS) is 11.9. The molecule has 51 heavy (non-hydrogen) atoms. The third-order valence-corrected chi connectivity index (χ3v) is 12.2. The first-order valence-electron chi connectivity index (χ1n) is 16.9. The van der Waals surface area contributed by atoms with Gasteiger partial charge in [-0.2, -0.15) is 0 Å². The fourth-order valence-corrected chi connectivity index (χ4v) is 10.0. The van der Waals surface area contributed by atoms with Gasteiger partial charge in [-0.1, -0.05) is 121 Å². The lowest BCUT2D eigenvalue weighted by atomic mass is 10.1. The van der Waals surface area contributed by atoms with Crippen LogP contribution in [0.5, 0.6) is 0 Å². The lowest BCUT2D eigenvalue weighted by Crippen LogP contribution is -1.99. The molecule has 7 aromatic carbocycles. The molecule has 0 aliphatic heterocycles. The van der Waals surface area contributed by atoms with Crippen molar-refractivity contribution in [3.05, 3.63) is 158 Å². The van der Waals surface area contributed by atoms with Gasteiger partial charge in [0.1, 0.15) is 0 Å². The number of rotatable bonds is 4. The first kappa shape index (κ1) is 28.6. The monoisotopic (exact) mass is 686 g/mol. The first-order chi connectivity index (χ1) is 25.3. The number of fused-ring (bicyclic) bond motifs is 10. The number of aromatic nitrogens is 4. The van der Waals surface area contributed by atoms with Gasteiger partial charge < -0.3 is 4.57 Å². The van der Waals surface area contributed by atoms with E-state index in [1.54, 1.807) is 0 Å². The molecule has 238 valence electrons. The van der Waals surface area contributed by atoms with Crippen molar-refractivity contribution in [2.75, 3.05) is 0 Å². The lowest BCUT2D eigenvalue weighted by Gasteiger charge is -2.08. The maximum atomic E-state index is 4.99. The number of hydrogen-bond donors (Lipinski definition) is 0. The zero-order chi connectivity index (χ0) is 33.5. The molecule has 4 nitrogen and oxygen atoms in total. The molecule has 0 spiro atoms. The Labute approximate surface area is 300 Å². The van der Waals surface area contributed by atoms with Crippen LogP contribution in [-0.2, 0) is 0 Å². The average Bonchev–Trinajstić information content (AvgIpc) is 3.87. The zero-order valence-electron chi connectivity index (χ0n) is 27.1. The van der Waals surface area contributed by atoms with E-state index in [9.17, 15) is 0 Å². The van der Waals surface area contributed by atoms with E-state index in [0.29, 0.717) is 17.5 Å². The molecule has 0 saturated carbocycles. The fraction of sp³-hybridized carbons (Fsp3) is 0. The van der Waals surface area contributed by atoms with Gasteiger partial charge in [0, 0.05) is 73.5 Å². The summed E-state index contributed by atoms with van der Waals surface area (Å²) in [6.07, 6.45) is 0. The molecule has 11 rings (SSSR count). The first-order valence-corrected chi connectivity index (χ1v) is 18.6. The predicted octanol–water partition coefficient (Wildman–Crippen LogP) is 12.7. The Morgan fingerprint density at radius 3 is 1.59 bits per heavy atom. The molecule has 0 amide bonds. The van der Waals surface area contributed by atoms with Gasteiger partial charge in [0.25, 0.3) is 0 Å². The van der Waals surface area contributed by atoms with Crippen LogP contribution in [0.3, 0.4) is 0 Å². The Morgan fingerprint density at radius 2 is 0.922 bits per heavy atom. The van der Waals surface area contributed by atoms with Crippen LogP contribution in [0.25, 0.3) is 102 Å². The van der Waals surface area contributed by atoms with Crippen molar-refractivity contribution < 1.29 is 0 Å². The third kappa shape index (κ3) is 4.47. The van der Waals surface area contributed by atoms with Gasteiger partial charge in [0.05, 0.1) is 11.0 Å². The predicted molar refractivity (Wildman–Crippen MR) is 216 cm³/mol. The van der Waals surface area contributed by atoms with Crippen LogP contribution in [0.4, 0.5) is 0 Å². The van der Waals surface area contributed by atoms with E-state index in [1.165, 1.54) is 67.8 Å². The molecule has 0 fully saturated rings. The molecule has 4 aromatic heterocycles. The summed E-state index contributed by atoms with van der Waals surface area (Å²) in [7, 11) is 0. The molecule has 0 aliphatic rings. The number of para-hydroxylation sites is 2. The standard InChI is InChI=1S/C45H26N4S2/c1-3-11-27(12-4-1)43-46-44(28-13-5-2-6-14-28)48-45(47-43)29-19-21-35-39(25-29)50-38-24-23-34-33-22-20-30(26-40(33)51-42(34)41(35)38)49-36-17-9-7-15-31(36)32-16-8-10-18-37(32)49/h1-26H. The van der Waals surface area contributed by atoms with E-state index >= 15 is 0 Å². The van der Waals surface area contributed by atoms with Crippen molar-refractivity contribution in [1.82, 2.24) is 19.5 Å². The molecule has 0 aliphatic carbocycles. The van der Waals surface area contributed by atoms with E-state index in [2.05, 4.69) is 102 Å². The van der Waals surface area contributed by atoms with Gasteiger partial charge in [-0.3, -0.25) is 0 Å². The molecule has 0 N–H and O–H groups in total. The average molecular weight is 687 g/mol. The van der Waals surface area contributed by atoms with Crippen molar-refractivity contribution in [3.8, 4) is 39.9 Å². The van der Waals surface area contributed by atoms with Crippen molar-refractivity contribution in [2.24, 2.45) is 0 Å². The summed E-state index contributed by atoms with van der Waals surface area (Å²) in [5.74, 6) is 2.01. The van der Waals surface area contributed by atoms with Gasteiger partial charge in [0.15, 0.2) is 17.5 Å². The highest BCUT2D eigenvalue weighted by Gasteiger charge is 2.18. The Balaban J connectivity index is 1.07. The minimum Gasteiger partial charge on any atom is -0.309 e. The van der Waals surface area contributed by atoms with Crippen LogP contribution in [-0.4, -0.2) is 19.5 Å². The molecular weight excluding hydrogens is 661 g/mol. The van der Waals surface area contributed by atoms with Crippen molar-refractivity contribution >= 4 is 84.8 Å². The Hall–Kier alpha value is -6.21. The Kier molecular flexibility index (Phi) is 6.26. The van der Waals surface area contributed by atoms with E-state index in [-0.39, 0.29) is 0 Å². The SMILES string of the molecule is c1ccc(-c2nc(-c3ccccc3)nc(-c3ccc4c(c3)sc3ccc5c6ccc(-n7c8ccccc8c8ccccc87)cc6sc5c34)n2)cc1. The maximum Gasteiger partial charge on any atom is 0.164 e. The second-order valence-electron chi connectivity index (χ2n) is 12.8. The summed E-state index contributed by atoms with van der Waals surface area (Å²) >= 11 is 3.72. The number of benzene rings is 7. The Morgan fingerprint density at radius 1 is 0.373 bits per heavy atom. The van der Waals surface area contributed by atoms with Crippen molar-refractivity contribution in [3.63, 3.8) is 0 Å². The number of nitrogens with zero attached hydrogens (tertiary/aromatic N) is 4. The summed E-state index contributed by atoms with van der Waals surface area (Å²) in [6, 6.07) is 55.9. The topological polar surface area (TPSA) is 43.6 Å². The molecule has 4 heterocycles. The van der Waals surface area contributed by atoms with Gasteiger partial charge >= 0.3 is 0 Å². The molecule has 11 aromatic rings. The Bertz CT molecular complexity index is 3030. The van der Waals surface area contributed by atoms with Crippen molar-refractivity contribution in [1.29, 1.82) is 0 Å². The number of thiophene rings is 2. The summed E-state index contributed by atoms with van der Waals surface area (Å²) < 4.78 is 7.54. The number of hydrogen-bond acceptors (Lipinski definition) is 5. The van der Waals surface area contributed by atoms with E-state index in [0.717, 1.165) is 16.7 Å². The third-order valence-electron chi connectivity index (χ3n) is 9.85. The highest BCUT2D eigenvalue weighted by molar-refractivity contribution is 7.29. The van der Waals surface area contributed by atoms with Crippen LogP contribution >= 0.6 is 22.7 Å². The summed E-state index contributed by atoms with van der Waals surface area (Å²) in [5.41, 5.74) is 6.56. The lowest BCUT2D eigenvalue weighted by molar-refractivity contribution is 1.07. The van der Waals surface area contributed by atoms with Crippen LogP contribution in [0.1, 0.15) is 0 Å². The molecule has 0 radical (unpaired) electrons. The zero-order valence-corrected chi connectivity index (χ0v) is 28.7. The second-order valence-corrected chi connectivity index (χ2v) is 15.0. The molecule has 0 atom stereocenters. The minimum atomic E-state index is 0.670. The van der Waals surface area contributed by atoms with Gasteiger partial charge in [-0.15, -0.1) is 22.7 Å². The molecule has 0 bridgehead atoms. The largest absolute Gasteiger partial charge is 0.309 e. The van der Waals surface area contributed by atoms with Gasteiger partial charge in [-0.05, 0) is 36.4 Å². The van der Waals surface area contributed by atoms with Crippen molar-refractivity contribution in [2.45, 2.75) is 0 Å².